The normalized spacial score (nSPS) is 22.6. The maximum Gasteiger partial charge on any atom is 0.0597 e. The van der Waals surface area contributed by atoms with Gasteiger partial charge in [0.25, 0.3) is 0 Å². The van der Waals surface area contributed by atoms with E-state index in [1.54, 1.807) is 0 Å². The lowest BCUT2D eigenvalue weighted by Gasteiger charge is -2.35. The molecular weight excluding hydrogens is 200 g/mol. The molecular formula is C12H22N4. The van der Waals surface area contributed by atoms with E-state index in [0.717, 1.165) is 31.9 Å². The van der Waals surface area contributed by atoms with E-state index in [9.17, 15) is 0 Å². The van der Waals surface area contributed by atoms with Gasteiger partial charge in [0.15, 0.2) is 0 Å². The summed E-state index contributed by atoms with van der Waals surface area (Å²) in [5, 5.41) is 7.86. The second kappa shape index (κ2) is 4.97. The molecule has 16 heavy (non-hydrogen) atoms. The van der Waals surface area contributed by atoms with Crippen molar-refractivity contribution in [3.05, 3.63) is 17.5 Å². The fraction of sp³-hybridized carbons (Fsp3) is 0.750. The van der Waals surface area contributed by atoms with Crippen LogP contribution in [0.1, 0.15) is 24.7 Å². The van der Waals surface area contributed by atoms with Crippen molar-refractivity contribution in [3.8, 4) is 0 Å². The minimum atomic E-state index is 0.670. The summed E-state index contributed by atoms with van der Waals surface area (Å²) < 4.78 is 2.00. The van der Waals surface area contributed by atoms with Crippen LogP contribution in [0.15, 0.2) is 6.07 Å². The fourth-order valence-corrected chi connectivity index (χ4v) is 2.43. The van der Waals surface area contributed by atoms with Gasteiger partial charge in [0.05, 0.1) is 11.4 Å². The van der Waals surface area contributed by atoms with E-state index in [2.05, 4.69) is 35.2 Å². The maximum atomic E-state index is 4.40. The topological polar surface area (TPSA) is 33.1 Å². The highest BCUT2D eigenvalue weighted by Gasteiger charge is 2.21. The number of nitrogens with one attached hydrogen (secondary N) is 1. The SMILES string of the molecule is CCC1CNCCN1Cc1cc(C)nn1C. The molecule has 1 aliphatic rings. The molecule has 1 unspecified atom stereocenters. The smallest absolute Gasteiger partial charge is 0.0597 e. The lowest BCUT2D eigenvalue weighted by molar-refractivity contribution is 0.145. The Kier molecular flexibility index (Phi) is 3.61. The molecule has 1 aliphatic heterocycles. The number of rotatable bonds is 3. The summed E-state index contributed by atoms with van der Waals surface area (Å²) in [7, 11) is 2.03. The number of nitrogens with zero attached hydrogens (tertiary/aromatic N) is 3. The van der Waals surface area contributed by atoms with E-state index in [4.69, 9.17) is 0 Å². The van der Waals surface area contributed by atoms with E-state index in [1.807, 2.05) is 11.7 Å². The van der Waals surface area contributed by atoms with Crippen LogP contribution in [0.25, 0.3) is 0 Å². The third kappa shape index (κ3) is 2.44. The van der Waals surface area contributed by atoms with Crippen molar-refractivity contribution in [2.24, 2.45) is 7.05 Å². The quantitative estimate of drug-likeness (QED) is 0.825. The summed E-state index contributed by atoms with van der Waals surface area (Å²) in [6.45, 7) is 8.71. The van der Waals surface area contributed by atoms with E-state index in [-0.39, 0.29) is 0 Å². The van der Waals surface area contributed by atoms with Crippen molar-refractivity contribution in [2.75, 3.05) is 19.6 Å². The van der Waals surface area contributed by atoms with Gasteiger partial charge in [-0.3, -0.25) is 9.58 Å². The zero-order chi connectivity index (χ0) is 11.5. The van der Waals surface area contributed by atoms with Gasteiger partial charge in [0, 0.05) is 39.3 Å². The summed E-state index contributed by atoms with van der Waals surface area (Å²) >= 11 is 0. The predicted octanol–water partition coefficient (Wildman–Crippen LogP) is 0.912. The lowest BCUT2D eigenvalue weighted by atomic mass is 10.1. The van der Waals surface area contributed by atoms with Crippen LogP contribution < -0.4 is 5.32 Å². The molecule has 90 valence electrons. The monoisotopic (exact) mass is 222 g/mol. The minimum absolute atomic E-state index is 0.670. The van der Waals surface area contributed by atoms with Crippen molar-refractivity contribution in [2.45, 2.75) is 32.9 Å². The van der Waals surface area contributed by atoms with Crippen LogP contribution in [0.3, 0.4) is 0 Å². The van der Waals surface area contributed by atoms with Crippen LogP contribution in [-0.4, -0.2) is 40.4 Å². The standard InChI is InChI=1S/C12H22N4/c1-4-11-8-13-5-6-16(11)9-12-7-10(2)14-15(12)3/h7,11,13H,4-6,8-9H2,1-3H3. The van der Waals surface area contributed by atoms with E-state index in [1.165, 1.54) is 12.1 Å². The number of hydrogen-bond acceptors (Lipinski definition) is 3. The number of piperazine rings is 1. The molecule has 2 rings (SSSR count). The van der Waals surface area contributed by atoms with Gasteiger partial charge in [-0.15, -0.1) is 0 Å². The molecule has 2 heterocycles. The van der Waals surface area contributed by atoms with E-state index in [0.29, 0.717) is 6.04 Å². The first-order valence-electron chi connectivity index (χ1n) is 6.15. The van der Waals surface area contributed by atoms with Crippen LogP contribution in [0.5, 0.6) is 0 Å². The second-order valence-corrected chi connectivity index (χ2v) is 4.64. The molecule has 1 aromatic heterocycles. The average Bonchev–Trinajstić information content (AvgIpc) is 2.58. The Balaban J connectivity index is 2.04. The molecule has 1 N–H and O–H groups in total. The van der Waals surface area contributed by atoms with Gasteiger partial charge in [-0.25, -0.2) is 0 Å². The Morgan fingerprint density at radius 2 is 2.38 bits per heavy atom. The molecule has 1 atom stereocenters. The molecule has 1 fully saturated rings. The Bertz CT molecular complexity index is 345. The van der Waals surface area contributed by atoms with Gasteiger partial charge in [0.1, 0.15) is 0 Å². The third-order valence-electron chi connectivity index (χ3n) is 3.41. The van der Waals surface area contributed by atoms with Crippen molar-refractivity contribution in [1.29, 1.82) is 0 Å². The first-order valence-corrected chi connectivity index (χ1v) is 6.15. The van der Waals surface area contributed by atoms with Gasteiger partial charge < -0.3 is 5.32 Å². The molecule has 0 amide bonds. The highest BCUT2D eigenvalue weighted by molar-refractivity contribution is 5.08. The first-order chi connectivity index (χ1) is 7.70. The molecule has 4 nitrogen and oxygen atoms in total. The Morgan fingerprint density at radius 3 is 3.00 bits per heavy atom. The highest BCUT2D eigenvalue weighted by atomic mass is 15.3. The average molecular weight is 222 g/mol. The number of aromatic nitrogens is 2. The Morgan fingerprint density at radius 1 is 1.56 bits per heavy atom. The molecule has 1 aromatic rings. The maximum absolute atomic E-state index is 4.40. The van der Waals surface area contributed by atoms with Crippen molar-refractivity contribution in [1.82, 2.24) is 20.0 Å². The molecule has 0 aromatic carbocycles. The largest absolute Gasteiger partial charge is 0.314 e. The fourth-order valence-electron chi connectivity index (χ4n) is 2.43. The van der Waals surface area contributed by atoms with Crippen LogP contribution in [-0.2, 0) is 13.6 Å². The summed E-state index contributed by atoms with van der Waals surface area (Å²) in [5.41, 5.74) is 2.43. The molecule has 0 saturated carbocycles. The van der Waals surface area contributed by atoms with Crippen molar-refractivity contribution >= 4 is 0 Å². The third-order valence-corrected chi connectivity index (χ3v) is 3.41. The van der Waals surface area contributed by atoms with E-state index >= 15 is 0 Å². The van der Waals surface area contributed by atoms with Gasteiger partial charge in [0.2, 0.25) is 0 Å². The molecule has 0 aliphatic carbocycles. The number of hydrogen-bond donors (Lipinski definition) is 1. The first kappa shape index (κ1) is 11.6. The summed E-state index contributed by atoms with van der Waals surface area (Å²) in [6.07, 6.45) is 1.21. The van der Waals surface area contributed by atoms with Crippen LogP contribution in [0.2, 0.25) is 0 Å². The van der Waals surface area contributed by atoms with Crippen molar-refractivity contribution in [3.63, 3.8) is 0 Å². The second-order valence-electron chi connectivity index (χ2n) is 4.64. The van der Waals surface area contributed by atoms with Crippen LogP contribution in [0, 0.1) is 6.92 Å². The Hall–Kier alpha value is -0.870. The zero-order valence-electron chi connectivity index (χ0n) is 10.5. The van der Waals surface area contributed by atoms with Gasteiger partial charge >= 0.3 is 0 Å². The summed E-state index contributed by atoms with van der Waals surface area (Å²) in [6, 6.07) is 2.86. The molecule has 0 bridgehead atoms. The lowest BCUT2D eigenvalue weighted by Crippen LogP contribution is -2.50. The van der Waals surface area contributed by atoms with Gasteiger partial charge in [-0.1, -0.05) is 6.92 Å². The molecule has 1 saturated heterocycles. The summed E-state index contributed by atoms with van der Waals surface area (Å²) in [5.74, 6) is 0. The molecule has 4 heteroatoms. The van der Waals surface area contributed by atoms with Crippen LogP contribution in [0.4, 0.5) is 0 Å². The molecule has 0 radical (unpaired) electrons. The van der Waals surface area contributed by atoms with Gasteiger partial charge in [-0.05, 0) is 19.4 Å². The zero-order valence-corrected chi connectivity index (χ0v) is 10.5. The Labute approximate surface area is 97.6 Å². The van der Waals surface area contributed by atoms with Crippen LogP contribution >= 0.6 is 0 Å². The van der Waals surface area contributed by atoms with E-state index < -0.39 is 0 Å². The highest BCUT2D eigenvalue weighted by Crippen LogP contribution is 2.12. The summed E-state index contributed by atoms with van der Waals surface area (Å²) in [4.78, 5) is 2.56. The van der Waals surface area contributed by atoms with Crippen molar-refractivity contribution < 1.29 is 0 Å². The van der Waals surface area contributed by atoms with Gasteiger partial charge in [-0.2, -0.15) is 5.10 Å². The minimum Gasteiger partial charge on any atom is -0.314 e. The predicted molar refractivity (Wildman–Crippen MR) is 65.3 cm³/mol. The molecule has 0 spiro atoms. The number of aryl methyl sites for hydroxylation is 2.